The summed E-state index contributed by atoms with van der Waals surface area (Å²) in [6.45, 7) is -0.491. The monoisotopic (exact) mass is 298 g/mol. The van der Waals surface area contributed by atoms with Gasteiger partial charge in [-0.3, -0.25) is 9.59 Å². The first-order valence-corrected chi connectivity index (χ1v) is 6.17. The van der Waals surface area contributed by atoms with Crippen LogP contribution in [0.25, 0.3) is 0 Å². The highest BCUT2D eigenvalue weighted by Gasteiger charge is 2.23. The van der Waals surface area contributed by atoms with Crippen molar-refractivity contribution in [1.82, 2.24) is 26.1 Å². The van der Waals surface area contributed by atoms with E-state index in [1.165, 1.54) is 19.6 Å². The van der Waals surface area contributed by atoms with Crippen molar-refractivity contribution in [2.45, 2.75) is 12.5 Å². The Balaban J connectivity index is 2.57. The van der Waals surface area contributed by atoms with Crippen LogP contribution in [0.3, 0.4) is 0 Å². The number of imidazole rings is 1. The summed E-state index contributed by atoms with van der Waals surface area (Å²) in [5.74, 6) is -1.66. The van der Waals surface area contributed by atoms with Gasteiger partial charge in [0, 0.05) is 25.4 Å². The fourth-order valence-corrected chi connectivity index (χ4v) is 1.48. The molecule has 0 bridgehead atoms. The number of carbonyl (C=O) groups is 3. The second-order valence-electron chi connectivity index (χ2n) is 4.01. The smallest absolute Gasteiger partial charge is 0.347 e. The third-order valence-electron chi connectivity index (χ3n) is 2.43. The van der Waals surface area contributed by atoms with Gasteiger partial charge >= 0.3 is 5.97 Å². The Morgan fingerprint density at radius 1 is 1.43 bits per heavy atom. The number of rotatable bonds is 8. The van der Waals surface area contributed by atoms with E-state index in [1.807, 2.05) is 0 Å². The molecule has 0 aliphatic rings. The van der Waals surface area contributed by atoms with Crippen LogP contribution in [0.1, 0.15) is 5.69 Å². The molecule has 0 fully saturated rings. The van der Waals surface area contributed by atoms with E-state index >= 15 is 0 Å². The zero-order valence-electron chi connectivity index (χ0n) is 11.5. The van der Waals surface area contributed by atoms with E-state index in [1.54, 1.807) is 0 Å². The van der Waals surface area contributed by atoms with Crippen LogP contribution in [0.15, 0.2) is 12.5 Å². The molecule has 6 N–H and O–H groups in total. The highest BCUT2D eigenvalue weighted by atomic mass is 16.7. The number of carbonyl (C=O) groups excluding carboxylic acids is 3. The van der Waals surface area contributed by atoms with Crippen LogP contribution in [-0.4, -0.2) is 53.9 Å². The molecule has 2 amide bonds. The Morgan fingerprint density at radius 3 is 2.76 bits per heavy atom. The van der Waals surface area contributed by atoms with Crippen LogP contribution in [-0.2, 0) is 25.6 Å². The molecular weight excluding hydrogens is 280 g/mol. The number of H-pyrrole nitrogens is 1. The first kappa shape index (κ1) is 16.6. The van der Waals surface area contributed by atoms with Gasteiger partial charge in [-0.1, -0.05) is 0 Å². The molecule has 0 saturated heterocycles. The molecule has 0 aromatic carbocycles. The Kier molecular flexibility index (Phi) is 6.84. The van der Waals surface area contributed by atoms with E-state index in [9.17, 15) is 14.4 Å². The lowest BCUT2D eigenvalue weighted by atomic mass is 10.1. The van der Waals surface area contributed by atoms with Crippen molar-refractivity contribution in [3.63, 3.8) is 0 Å². The Labute approximate surface area is 120 Å². The lowest BCUT2D eigenvalue weighted by Gasteiger charge is -2.16. The Hall–Kier alpha value is -2.46. The number of amides is 2. The van der Waals surface area contributed by atoms with Crippen molar-refractivity contribution >= 4 is 17.8 Å². The average Bonchev–Trinajstić information content (AvgIpc) is 2.97. The summed E-state index contributed by atoms with van der Waals surface area (Å²) in [7, 11) is 1.43. The zero-order valence-corrected chi connectivity index (χ0v) is 11.5. The largest absolute Gasteiger partial charge is 0.369 e. The number of aromatic amines is 1. The van der Waals surface area contributed by atoms with Crippen LogP contribution in [0, 0.1) is 0 Å². The topological polar surface area (TPSA) is 151 Å². The normalized spacial score (nSPS) is 11.5. The fraction of sp³-hybridized carbons (Fsp3) is 0.455. The summed E-state index contributed by atoms with van der Waals surface area (Å²) in [6.07, 6.45) is 3.16. The van der Waals surface area contributed by atoms with E-state index in [0.29, 0.717) is 5.69 Å². The van der Waals surface area contributed by atoms with Gasteiger partial charge in [-0.25, -0.2) is 9.78 Å². The highest BCUT2D eigenvalue weighted by molar-refractivity contribution is 5.88. The van der Waals surface area contributed by atoms with E-state index < -0.39 is 23.8 Å². The molecule has 0 saturated carbocycles. The first-order valence-electron chi connectivity index (χ1n) is 6.17. The van der Waals surface area contributed by atoms with Gasteiger partial charge in [0.05, 0.1) is 19.4 Å². The summed E-state index contributed by atoms with van der Waals surface area (Å²) < 4.78 is 0. The van der Waals surface area contributed by atoms with Crippen molar-refractivity contribution in [1.29, 1.82) is 0 Å². The number of aromatic nitrogens is 2. The summed E-state index contributed by atoms with van der Waals surface area (Å²) in [5, 5.41) is 4.77. The van der Waals surface area contributed by atoms with Gasteiger partial charge in [-0.2, -0.15) is 5.48 Å². The first-order chi connectivity index (χ1) is 10.1. The molecule has 1 rings (SSSR count). The van der Waals surface area contributed by atoms with Crippen LogP contribution in [0.5, 0.6) is 0 Å². The second kappa shape index (κ2) is 8.66. The summed E-state index contributed by atoms with van der Waals surface area (Å²) in [5.41, 5.74) is 8.00. The van der Waals surface area contributed by atoms with Crippen LogP contribution in [0.4, 0.5) is 0 Å². The van der Waals surface area contributed by atoms with Gasteiger partial charge in [0.2, 0.25) is 11.8 Å². The lowest BCUT2D eigenvalue weighted by molar-refractivity contribution is -0.153. The van der Waals surface area contributed by atoms with Crippen molar-refractivity contribution in [3.8, 4) is 0 Å². The van der Waals surface area contributed by atoms with Gasteiger partial charge in [-0.05, 0) is 0 Å². The zero-order chi connectivity index (χ0) is 15.7. The Morgan fingerprint density at radius 2 is 2.19 bits per heavy atom. The number of nitrogens with two attached hydrogens (primary N) is 1. The lowest BCUT2D eigenvalue weighted by Crippen LogP contribution is -2.48. The number of nitrogens with zero attached hydrogens (tertiary/aromatic N) is 1. The minimum atomic E-state index is -0.917. The quantitative estimate of drug-likeness (QED) is 0.325. The fourth-order valence-electron chi connectivity index (χ4n) is 1.48. The van der Waals surface area contributed by atoms with Gasteiger partial charge in [0.1, 0.15) is 6.04 Å². The van der Waals surface area contributed by atoms with E-state index in [2.05, 4.69) is 30.9 Å². The second-order valence-corrected chi connectivity index (χ2v) is 4.01. The molecule has 0 aliphatic carbocycles. The molecule has 0 spiro atoms. The van der Waals surface area contributed by atoms with E-state index in [4.69, 9.17) is 5.73 Å². The number of hydrogen-bond donors (Lipinski definition) is 5. The summed E-state index contributed by atoms with van der Waals surface area (Å²) >= 11 is 0. The van der Waals surface area contributed by atoms with Gasteiger partial charge < -0.3 is 26.2 Å². The van der Waals surface area contributed by atoms with Gasteiger partial charge in [0.15, 0.2) is 0 Å². The average molecular weight is 298 g/mol. The molecule has 10 heteroatoms. The van der Waals surface area contributed by atoms with Crippen LogP contribution >= 0.6 is 0 Å². The Bertz CT molecular complexity index is 475. The molecule has 1 unspecified atom stereocenters. The molecule has 1 aromatic heterocycles. The molecule has 0 radical (unpaired) electrons. The van der Waals surface area contributed by atoms with Crippen molar-refractivity contribution < 1.29 is 19.2 Å². The minimum absolute atomic E-state index is 0.178. The maximum absolute atomic E-state index is 11.8. The van der Waals surface area contributed by atoms with Crippen molar-refractivity contribution in [2.24, 2.45) is 5.73 Å². The number of hydroxylamine groups is 1. The van der Waals surface area contributed by atoms with Gasteiger partial charge in [-0.15, -0.1) is 0 Å². The molecule has 1 atom stereocenters. The van der Waals surface area contributed by atoms with Gasteiger partial charge in [0.25, 0.3) is 0 Å². The molecular formula is C11H18N6O4. The molecule has 116 valence electrons. The standard InChI is InChI=1S/C11H18N6O4/c1-13-21-11(20)8(2-7-4-14-6-16-7)17-10(19)5-15-9(18)3-12/h4,6,8,13H,2-3,5,12H2,1H3,(H,14,16)(H,15,18)(H,17,19). The number of hydrogen-bond acceptors (Lipinski definition) is 7. The molecule has 21 heavy (non-hydrogen) atoms. The summed E-state index contributed by atoms with van der Waals surface area (Å²) in [4.78, 5) is 45.7. The maximum atomic E-state index is 11.8. The predicted molar refractivity (Wildman–Crippen MR) is 71.4 cm³/mol. The third kappa shape index (κ3) is 6.01. The molecule has 1 aromatic rings. The van der Waals surface area contributed by atoms with Crippen molar-refractivity contribution in [2.75, 3.05) is 20.1 Å². The molecule has 0 aliphatic heterocycles. The van der Waals surface area contributed by atoms with Crippen LogP contribution < -0.4 is 21.8 Å². The van der Waals surface area contributed by atoms with E-state index in [-0.39, 0.29) is 19.5 Å². The predicted octanol–water partition coefficient (Wildman–Crippen LogP) is -2.81. The molecule has 1 heterocycles. The summed E-state index contributed by atoms with van der Waals surface area (Å²) in [6, 6.07) is -0.917. The van der Waals surface area contributed by atoms with Crippen LogP contribution in [0.2, 0.25) is 0 Å². The third-order valence-corrected chi connectivity index (χ3v) is 2.43. The SMILES string of the molecule is CNOC(=O)C(Cc1cnc[nH]1)NC(=O)CNC(=O)CN. The molecule has 10 nitrogen and oxygen atoms in total. The van der Waals surface area contributed by atoms with E-state index in [0.717, 1.165) is 0 Å². The highest BCUT2D eigenvalue weighted by Crippen LogP contribution is 2.00. The minimum Gasteiger partial charge on any atom is -0.369 e. The maximum Gasteiger partial charge on any atom is 0.347 e. The number of nitrogens with one attached hydrogen (secondary N) is 4. The van der Waals surface area contributed by atoms with Crippen molar-refractivity contribution in [3.05, 3.63) is 18.2 Å².